The van der Waals surface area contributed by atoms with E-state index in [0.29, 0.717) is 5.75 Å². The first kappa shape index (κ1) is 14.5. The van der Waals surface area contributed by atoms with Crippen LogP contribution in [0.15, 0.2) is 29.3 Å². The minimum atomic E-state index is 0.0847. The number of rotatable bonds is 4. The van der Waals surface area contributed by atoms with E-state index in [4.69, 9.17) is 0 Å². The van der Waals surface area contributed by atoms with Crippen LogP contribution < -0.4 is 5.32 Å². The molecule has 0 fully saturated rings. The summed E-state index contributed by atoms with van der Waals surface area (Å²) in [5.41, 5.74) is 2.30. The molecule has 0 saturated heterocycles. The minimum Gasteiger partial charge on any atom is -0.353 e. The minimum absolute atomic E-state index is 0.0847. The van der Waals surface area contributed by atoms with Gasteiger partial charge in [0.2, 0.25) is 5.91 Å². The van der Waals surface area contributed by atoms with Crippen LogP contribution in [0.4, 0.5) is 5.69 Å². The van der Waals surface area contributed by atoms with Crippen molar-refractivity contribution in [2.24, 2.45) is 4.99 Å². The molecule has 0 aliphatic carbocycles. The molecule has 19 heavy (non-hydrogen) atoms. The fraction of sp³-hybridized carbons (Fsp3) is 0.429. The zero-order valence-corrected chi connectivity index (χ0v) is 12.8. The first-order chi connectivity index (χ1) is 9.19. The third kappa shape index (κ3) is 4.28. The molecule has 0 saturated carbocycles. The summed E-state index contributed by atoms with van der Waals surface area (Å²) in [7, 11) is 0. The molecular weight excluding hydrogens is 276 g/mol. The van der Waals surface area contributed by atoms with Crippen molar-refractivity contribution in [2.45, 2.75) is 32.1 Å². The molecule has 0 spiro atoms. The molecule has 5 heteroatoms. The molecule has 1 N–H and O–H groups in total. The summed E-state index contributed by atoms with van der Waals surface area (Å²) in [5, 5.41) is 2.96. The van der Waals surface area contributed by atoms with E-state index in [2.05, 4.69) is 23.3 Å². The van der Waals surface area contributed by atoms with E-state index >= 15 is 0 Å². The van der Waals surface area contributed by atoms with Gasteiger partial charge in [0.15, 0.2) is 0 Å². The molecule has 3 nitrogen and oxygen atoms in total. The Kier molecular flexibility index (Phi) is 5.34. The first-order valence-corrected chi connectivity index (χ1v) is 8.37. The highest BCUT2D eigenvalue weighted by atomic mass is 32.2. The van der Waals surface area contributed by atoms with Gasteiger partial charge in [-0.3, -0.25) is 4.79 Å². The maximum Gasteiger partial charge on any atom is 0.230 e. The molecule has 0 unspecified atom stereocenters. The van der Waals surface area contributed by atoms with Crippen LogP contribution in [0.25, 0.3) is 0 Å². The number of hydrogen-bond acceptors (Lipinski definition) is 4. The summed E-state index contributed by atoms with van der Waals surface area (Å²) in [6.07, 6.45) is 0.958. The lowest BCUT2D eigenvalue weighted by atomic mass is 10.2. The summed E-state index contributed by atoms with van der Waals surface area (Å²) < 4.78 is 0.984. The van der Waals surface area contributed by atoms with Gasteiger partial charge < -0.3 is 5.32 Å². The Morgan fingerprint density at radius 2 is 2.32 bits per heavy atom. The van der Waals surface area contributed by atoms with Gasteiger partial charge in [0.1, 0.15) is 4.38 Å². The highest BCUT2D eigenvalue weighted by Gasteiger charge is 2.14. The van der Waals surface area contributed by atoms with Crippen molar-refractivity contribution >= 4 is 39.5 Å². The van der Waals surface area contributed by atoms with Crippen LogP contribution in [0.3, 0.4) is 0 Å². The largest absolute Gasteiger partial charge is 0.353 e. The van der Waals surface area contributed by atoms with Crippen molar-refractivity contribution in [3.8, 4) is 0 Å². The lowest BCUT2D eigenvalue weighted by Crippen LogP contribution is -2.33. The first-order valence-electron chi connectivity index (χ1n) is 6.40. The van der Waals surface area contributed by atoms with Gasteiger partial charge in [-0.1, -0.05) is 48.6 Å². The molecule has 0 radical (unpaired) electrons. The summed E-state index contributed by atoms with van der Waals surface area (Å²) in [4.78, 5) is 16.3. The third-order valence-electron chi connectivity index (χ3n) is 2.90. The molecule has 0 bridgehead atoms. The summed E-state index contributed by atoms with van der Waals surface area (Å²) >= 11 is 3.23. The number of carbonyl (C=O) groups is 1. The number of thioether (sulfide) groups is 2. The second kappa shape index (κ2) is 7.01. The number of carbonyl (C=O) groups excluding carboxylic acids is 1. The van der Waals surface area contributed by atoms with Gasteiger partial charge in [-0.05, 0) is 25.0 Å². The number of benzene rings is 1. The van der Waals surface area contributed by atoms with E-state index in [0.717, 1.165) is 22.2 Å². The van der Waals surface area contributed by atoms with E-state index in [1.807, 2.05) is 25.1 Å². The van der Waals surface area contributed by atoms with Crippen LogP contribution in [0, 0.1) is 0 Å². The van der Waals surface area contributed by atoms with E-state index in [1.165, 1.54) is 17.3 Å². The van der Waals surface area contributed by atoms with Crippen LogP contribution in [-0.2, 0) is 10.5 Å². The molecule has 1 aromatic carbocycles. The Balaban J connectivity index is 1.88. The van der Waals surface area contributed by atoms with Crippen molar-refractivity contribution in [3.05, 3.63) is 29.8 Å². The van der Waals surface area contributed by atoms with Gasteiger partial charge >= 0.3 is 0 Å². The average molecular weight is 294 g/mol. The molecule has 1 aliphatic heterocycles. The normalized spacial score (nSPS) is 15.4. The quantitative estimate of drug-likeness (QED) is 0.923. The maximum atomic E-state index is 11.7. The number of nitrogens with one attached hydrogen (secondary N) is 1. The Bertz CT molecular complexity index is 488. The molecule has 1 heterocycles. The molecule has 2 rings (SSSR count). The average Bonchev–Trinajstić information content (AvgIpc) is 2.44. The van der Waals surface area contributed by atoms with Crippen LogP contribution >= 0.6 is 23.5 Å². The summed E-state index contributed by atoms with van der Waals surface area (Å²) in [5.74, 6) is 1.47. The second-order valence-electron chi connectivity index (χ2n) is 4.46. The van der Waals surface area contributed by atoms with Gasteiger partial charge in [0, 0.05) is 11.8 Å². The summed E-state index contributed by atoms with van der Waals surface area (Å²) in [6, 6.07) is 8.40. The van der Waals surface area contributed by atoms with Crippen LogP contribution in [0.2, 0.25) is 0 Å². The van der Waals surface area contributed by atoms with Crippen molar-refractivity contribution in [2.75, 3.05) is 5.75 Å². The monoisotopic (exact) mass is 294 g/mol. The SMILES string of the molecule is CC[C@H](C)NC(=O)CSC1=Nc2ccccc2CS1. The van der Waals surface area contributed by atoms with Crippen molar-refractivity contribution in [3.63, 3.8) is 0 Å². The number of fused-ring (bicyclic) bond motifs is 1. The van der Waals surface area contributed by atoms with Crippen LogP contribution in [0.5, 0.6) is 0 Å². The Labute approximate surface area is 122 Å². The number of aliphatic imine (C=N–C) groups is 1. The zero-order chi connectivity index (χ0) is 13.7. The lowest BCUT2D eigenvalue weighted by molar-refractivity contribution is -0.119. The van der Waals surface area contributed by atoms with Gasteiger partial charge in [0.25, 0.3) is 0 Å². The molecule has 0 aromatic heterocycles. The van der Waals surface area contributed by atoms with E-state index < -0.39 is 0 Å². The van der Waals surface area contributed by atoms with E-state index in [-0.39, 0.29) is 11.9 Å². The molecule has 1 atom stereocenters. The van der Waals surface area contributed by atoms with E-state index in [1.54, 1.807) is 11.8 Å². The third-order valence-corrected chi connectivity index (χ3v) is 5.15. The smallest absolute Gasteiger partial charge is 0.230 e. The van der Waals surface area contributed by atoms with Crippen LogP contribution in [0.1, 0.15) is 25.8 Å². The predicted octanol–water partition coefficient (Wildman–Crippen LogP) is 3.57. The topological polar surface area (TPSA) is 41.5 Å². The lowest BCUT2D eigenvalue weighted by Gasteiger charge is -2.15. The Morgan fingerprint density at radius 3 is 3.11 bits per heavy atom. The molecule has 102 valence electrons. The Morgan fingerprint density at radius 1 is 1.53 bits per heavy atom. The highest BCUT2D eigenvalue weighted by molar-refractivity contribution is 8.38. The molecule has 1 aromatic rings. The maximum absolute atomic E-state index is 11.7. The summed E-state index contributed by atoms with van der Waals surface area (Å²) in [6.45, 7) is 4.09. The fourth-order valence-corrected chi connectivity index (χ4v) is 3.51. The number of amides is 1. The molecule has 1 aliphatic rings. The standard InChI is InChI=1S/C14H18N2OS2/c1-3-10(2)15-13(17)9-19-14-16-12-7-5-4-6-11(12)8-18-14/h4-7,10H,3,8-9H2,1-2H3,(H,15,17)/t10-/m0/s1. The van der Waals surface area contributed by atoms with Crippen LogP contribution in [-0.4, -0.2) is 22.1 Å². The number of hydrogen-bond donors (Lipinski definition) is 1. The number of para-hydroxylation sites is 1. The van der Waals surface area contributed by atoms with E-state index in [9.17, 15) is 4.79 Å². The molecular formula is C14H18N2OS2. The molecule has 1 amide bonds. The Hall–Kier alpha value is -0.940. The zero-order valence-electron chi connectivity index (χ0n) is 11.2. The van der Waals surface area contributed by atoms with Crippen molar-refractivity contribution in [1.82, 2.24) is 5.32 Å². The van der Waals surface area contributed by atoms with Gasteiger partial charge in [-0.2, -0.15) is 0 Å². The highest BCUT2D eigenvalue weighted by Crippen LogP contribution is 2.34. The second-order valence-corrected chi connectivity index (χ2v) is 6.65. The van der Waals surface area contributed by atoms with Gasteiger partial charge in [-0.25, -0.2) is 4.99 Å². The fourth-order valence-electron chi connectivity index (χ4n) is 1.63. The number of nitrogens with zero attached hydrogens (tertiary/aromatic N) is 1. The van der Waals surface area contributed by atoms with Gasteiger partial charge in [-0.15, -0.1) is 0 Å². The predicted molar refractivity (Wildman–Crippen MR) is 85.2 cm³/mol. The van der Waals surface area contributed by atoms with Gasteiger partial charge in [0.05, 0.1) is 11.4 Å². The van der Waals surface area contributed by atoms with Crippen molar-refractivity contribution < 1.29 is 4.79 Å². The van der Waals surface area contributed by atoms with Crippen molar-refractivity contribution in [1.29, 1.82) is 0 Å².